The van der Waals surface area contributed by atoms with Gasteiger partial charge in [0, 0.05) is 18.7 Å². The smallest absolute Gasteiger partial charge is 0.348 e. The molecule has 0 aliphatic heterocycles. The molecule has 3 rings (SSSR count). The second-order valence-electron chi connectivity index (χ2n) is 7.49. The molecule has 10 heteroatoms. The number of nitrogens with zero attached hydrogens (tertiary/aromatic N) is 2. The SMILES string of the molecule is CCOC(=O)c1sc(NC(=O)c2ccc(S(=O)(=O)N(CC)Cc3ccccc3)cc2)c(C#N)c1C. The van der Waals surface area contributed by atoms with Gasteiger partial charge in [-0.1, -0.05) is 37.3 Å². The molecule has 2 aromatic carbocycles. The molecule has 0 spiro atoms. The van der Waals surface area contributed by atoms with E-state index in [1.807, 2.05) is 36.4 Å². The first-order valence-electron chi connectivity index (χ1n) is 10.9. The first-order chi connectivity index (χ1) is 16.7. The molecule has 3 aromatic rings. The van der Waals surface area contributed by atoms with Gasteiger partial charge in [0.25, 0.3) is 5.91 Å². The number of amides is 1. The second kappa shape index (κ2) is 11.3. The Hall–Kier alpha value is -3.52. The van der Waals surface area contributed by atoms with Gasteiger partial charge in [0.15, 0.2) is 0 Å². The van der Waals surface area contributed by atoms with Gasteiger partial charge in [-0.25, -0.2) is 13.2 Å². The van der Waals surface area contributed by atoms with Crippen molar-refractivity contribution in [3.63, 3.8) is 0 Å². The molecule has 8 nitrogen and oxygen atoms in total. The monoisotopic (exact) mass is 511 g/mol. The Morgan fingerprint density at radius 3 is 2.31 bits per heavy atom. The summed E-state index contributed by atoms with van der Waals surface area (Å²) in [6, 6.07) is 16.9. The van der Waals surface area contributed by atoms with E-state index in [4.69, 9.17) is 4.74 Å². The molecule has 0 atom stereocenters. The fourth-order valence-corrected chi connectivity index (χ4v) is 5.87. The number of nitriles is 1. The molecule has 182 valence electrons. The Morgan fingerprint density at radius 1 is 1.09 bits per heavy atom. The number of esters is 1. The Labute approximate surface area is 208 Å². The van der Waals surface area contributed by atoms with Gasteiger partial charge >= 0.3 is 5.97 Å². The number of benzene rings is 2. The summed E-state index contributed by atoms with van der Waals surface area (Å²) in [6.45, 7) is 5.78. The number of sulfonamides is 1. The van der Waals surface area contributed by atoms with Gasteiger partial charge in [0.2, 0.25) is 10.0 Å². The molecule has 0 saturated carbocycles. The number of nitrogens with one attached hydrogen (secondary N) is 1. The lowest BCUT2D eigenvalue weighted by molar-refractivity contribution is 0.0531. The molecule has 1 N–H and O–H groups in total. The first-order valence-corrected chi connectivity index (χ1v) is 13.1. The molecular formula is C25H25N3O5S2. The number of hydrogen-bond acceptors (Lipinski definition) is 7. The summed E-state index contributed by atoms with van der Waals surface area (Å²) in [7, 11) is -3.77. The van der Waals surface area contributed by atoms with Crippen LogP contribution in [0.15, 0.2) is 59.5 Å². The lowest BCUT2D eigenvalue weighted by Crippen LogP contribution is -2.30. The fraction of sp³-hybridized carbons (Fsp3) is 0.240. The van der Waals surface area contributed by atoms with Crippen LogP contribution in [0.25, 0.3) is 0 Å². The van der Waals surface area contributed by atoms with E-state index < -0.39 is 21.9 Å². The predicted molar refractivity (Wildman–Crippen MR) is 134 cm³/mol. The zero-order valence-electron chi connectivity index (χ0n) is 19.6. The Morgan fingerprint density at radius 2 is 1.74 bits per heavy atom. The highest BCUT2D eigenvalue weighted by molar-refractivity contribution is 7.89. The van der Waals surface area contributed by atoms with Gasteiger partial charge in [0.1, 0.15) is 15.9 Å². The number of carbonyl (C=O) groups is 2. The highest BCUT2D eigenvalue weighted by Crippen LogP contribution is 2.33. The third-order valence-electron chi connectivity index (χ3n) is 5.26. The molecule has 0 aliphatic rings. The van der Waals surface area contributed by atoms with E-state index in [2.05, 4.69) is 5.32 Å². The molecule has 0 radical (unpaired) electrons. The standard InChI is InChI=1S/C25H25N3O5S2/c1-4-28(16-18-9-7-6-8-10-18)35(31,32)20-13-11-19(12-14-20)23(29)27-24-21(15-26)17(3)22(34-24)25(30)33-5-2/h6-14H,4-5,16H2,1-3H3,(H,27,29). The van der Waals surface area contributed by atoms with Crippen molar-refractivity contribution in [3.8, 4) is 6.07 Å². The van der Waals surface area contributed by atoms with E-state index >= 15 is 0 Å². The lowest BCUT2D eigenvalue weighted by atomic mass is 10.1. The van der Waals surface area contributed by atoms with Crippen LogP contribution in [0.4, 0.5) is 5.00 Å². The number of ether oxygens (including phenoxy) is 1. The van der Waals surface area contributed by atoms with Crippen molar-refractivity contribution in [2.45, 2.75) is 32.2 Å². The van der Waals surface area contributed by atoms with Crippen LogP contribution in [0.5, 0.6) is 0 Å². The van der Waals surface area contributed by atoms with Crippen LogP contribution in [-0.4, -0.2) is 37.8 Å². The van der Waals surface area contributed by atoms with Crippen LogP contribution in [0.3, 0.4) is 0 Å². The van der Waals surface area contributed by atoms with Crippen LogP contribution < -0.4 is 5.32 Å². The number of rotatable bonds is 9. The number of hydrogen-bond donors (Lipinski definition) is 1. The maximum Gasteiger partial charge on any atom is 0.348 e. The van der Waals surface area contributed by atoms with Crippen molar-refractivity contribution in [3.05, 3.63) is 81.7 Å². The summed E-state index contributed by atoms with van der Waals surface area (Å²) < 4.78 is 32.6. The minimum atomic E-state index is -3.77. The first kappa shape index (κ1) is 26.1. The Bertz CT molecular complexity index is 1360. The average Bonchev–Trinajstić information content (AvgIpc) is 3.17. The van der Waals surface area contributed by atoms with Crippen molar-refractivity contribution in [1.29, 1.82) is 5.26 Å². The number of anilines is 1. The summed E-state index contributed by atoms with van der Waals surface area (Å²) in [6.07, 6.45) is 0. The topological polar surface area (TPSA) is 117 Å². The van der Waals surface area contributed by atoms with Crippen LogP contribution in [0, 0.1) is 18.3 Å². The Kier molecular flexibility index (Phi) is 8.40. The van der Waals surface area contributed by atoms with Crippen LogP contribution in [0.1, 0.15) is 50.6 Å². The predicted octanol–water partition coefficient (Wildman–Crippen LogP) is 4.57. The zero-order chi connectivity index (χ0) is 25.6. The maximum absolute atomic E-state index is 13.1. The average molecular weight is 512 g/mol. The summed E-state index contributed by atoms with van der Waals surface area (Å²) >= 11 is 0.965. The van der Waals surface area contributed by atoms with Gasteiger partial charge in [-0.05, 0) is 49.2 Å². The summed E-state index contributed by atoms with van der Waals surface area (Å²) in [5, 5.41) is 12.4. The molecule has 0 fully saturated rings. The maximum atomic E-state index is 13.1. The van der Waals surface area contributed by atoms with Gasteiger partial charge in [-0.2, -0.15) is 9.57 Å². The lowest BCUT2D eigenvalue weighted by Gasteiger charge is -2.20. The van der Waals surface area contributed by atoms with E-state index in [1.54, 1.807) is 20.8 Å². The fourth-order valence-electron chi connectivity index (χ4n) is 3.38. The second-order valence-corrected chi connectivity index (χ2v) is 10.4. The van der Waals surface area contributed by atoms with Crippen molar-refractivity contribution in [2.24, 2.45) is 0 Å². The van der Waals surface area contributed by atoms with E-state index in [-0.39, 0.29) is 45.6 Å². The minimum absolute atomic E-state index is 0.0705. The van der Waals surface area contributed by atoms with Crippen molar-refractivity contribution >= 4 is 38.2 Å². The molecule has 35 heavy (non-hydrogen) atoms. The molecule has 1 aromatic heterocycles. The molecule has 1 heterocycles. The molecule has 1 amide bonds. The Balaban J connectivity index is 1.80. The van der Waals surface area contributed by atoms with Crippen molar-refractivity contribution in [2.75, 3.05) is 18.5 Å². The van der Waals surface area contributed by atoms with E-state index in [0.717, 1.165) is 16.9 Å². The van der Waals surface area contributed by atoms with E-state index in [1.165, 1.54) is 28.6 Å². The van der Waals surface area contributed by atoms with Gasteiger partial charge in [-0.3, -0.25) is 4.79 Å². The molecule has 0 bridgehead atoms. The number of carbonyl (C=O) groups excluding carboxylic acids is 2. The van der Waals surface area contributed by atoms with Gasteiger partial charge in [-0.15, -0.1) is 11.3 Å². The van der Waals surface area contributed by atoms with E-state index in [0.29, 0.717) is 5.56 Å². The zero-order valence-corrected chi connectivity index (χ0v) is 21.2. The van der Waals surface area contributed by atoms with Crippen LogP contribution in [0.2, 0.25) is 0 Å². The van der Waals surface area contributed by atoms with Crippen molar-refractivity contribution in [1.82, 2.24) is 4.31 Å². The molecular weight excluding hydrogens is 486 g/mol. The van der Waals surface area contributed by atoms with Crippen LogP contribution in [-0.2, 0) is 21.3 Å². The quantitative estimate of drug-likeness (QED) is 0.421. The van der Waals surface area contributed by atoms with Crippen molar-refractivity contribution < 1.29 is 22.7 Å². The minimum Gasteiger partial charge on any atom is -0.462 e. The molecule has 0 aliphatic carbocycles. The highest BCUT2D eigenvalue weighted by Gasteiger charge is 2.25. The highest BCUT2D eigenvalue weighted by atomic mass is 32.2. The molecule has 0 saturated heterocycles. The third kappa shape index (κ3) is 5.77. The summed E-state index contributed by atoms with van der Waals surface area (Å²) in [4.78, 5) is 25.3. The van der Waals surface area contributed by atoms with Crippen LogP contribution >= 0.6 is 11.3 Å². The molecule has 0 unspecified atom stereocenters. The summed E-state index contributed by atoms with van der Waals surface area (Å²) in [5.74, 6) is -1.09. The summed E-state index contributed by atoms with van der Waals surface area (Å²) in [5.41, 5.74) is 1.70. The number of thiophene rings is 1. The van der Waals surface area contributed by atoms with Gasteiger partial charge < -0.3 is 10.1 Å². The third-order valence-corrected chi connectivity index (χ3v) is 8.38. The normalized spacial score (nSPS) is 11.2. The van der Waals surface area contributed by atoms with E-state index in [9.17, 15) is 23.3 Å². The largest absolute Gasteiger partial charge is 0.462 e. The van der Waals surface area contributed by atoms with Gasteiger partial charge in [0.05, 0.1) is 17.1 Å².